The summed E-state index contributed by atoms with van der Waals surface area (Å²) in [5, 5.41) is 0. The number of hydrogen-bond donors (Lipinski definition) is 1. The number of benzene rings is 3. The predicted octanol–water partition coefficient (Wildman–Crippen LogP) is 5.10. The van der Waals surface area contributed by atoms with Gasteiger partial charge in [0.05, 0.1) is 13.2 Å². The van der Waals surface area contributed by atoms with Gasteiger partial charge in [0.1, 0.15) is 0 Å². The van der Waals surface area contributed by atoms with Crippen LogP contribution in [0.5, 0.6) is 0 Å². The second kappa shape index (κ2) is 10.4. The monoisotopic (exact) mass is 415 g/mol. The van der Waals surface area contributed by atoms with E-state index in [2.05, 4.69) is 96.5 Å². The van der Waals surface area contributed by atoms with E-state index in [4.69, 9.17) is 9.26 Å². The van der Waals surface area contributed by atoms with Gasteiger partial charge in [0, 0.05) is 6.20 Å². The van der Waals surface area contributed by atoms with Gasteiger partial charge in [0.2, 0.25) is 8.32 Å². The van der Waals surface area contributed by atoms with Crippen molar-refractivity contribution >= 4 is 8.32 Å². The number of ether oxygens (including phenoxy) is 1. The molecule has 154 valence electrons. The molecule has 1 heterocycles. The van der Waals surface area contributed by atoms with Crippen LogP contribution in [0.4, 0.5) is 0 Å². The van der Waals surface area contributed by atoms with Crippen molar-refractivity contribution in [2.75, 3.05) is 13.2 Å². The van der Waals surface area contributed by atoms with Gasteiger partial charge in [-0.15, -0.1) is 0 Å². The maximum absolute atomic E-state index is 6.66. The number of hydroxylamine groups is 1. The molecule has 0 aliphatic carbocycles. The summed E-state index contributed by atoms with van der Waals surface area (Å²) >= 11 is 0. The van der Waals surface area contributed by atoms with Gasteiger partial charge < -0.3 is 9.26 Å². The maximum atomic E-state index is 6.66. The molecule has 0 amide bonds. The summed E-state index contributed by atoms with van der Waals surface area (Å²) in [6.07, 6.45) is 2.98. The summed E-state index contributed by atoms with van der Waals surface area (Å²) in [6, 6.07) is 35.0. The first-order chi connectivity index (χ1) is 14.8. The van der Waals surface area contributed by atoms with Gasteiger partial charge in [0.25, 0.3) is 0 Å². The minimum atomic E-state index is -2.29. The van der Waals surface area contributed by atoms with Gasteiger partial charge in [-0.3, -0.25) is 5.48 Å². The molecule has 0 radical (unpaired) electrons. The van der Waals surface area contributed by atoms with Crippen LogP contribution < -0.4 is 5.48 Å². The Morgan fingerprint density at radius 3 is 1.60 bits per heavy atom. The van der Waals surface area contributed by atoms with Crippen molar-refractivity contribution in [2.45, 2.75) is 24.6 Å². The van der Waals surface area contributed by atoms with Crippen LogP contribution in [0, 0.1) is 0 Å². The molecule has 1 aliphatic rings. The van der Waals surface area contributed by atoms with Crippen molar-refractivity contribution in [3.05, 3.63) is 119 Å². The first kappa shape index (κ1) is 20.6. The standard InChI is InChI=1S/C26H29NO2Si/c1-4-10-23(11-5-1)20-30(21-24-12-6-2-7-13-24,22-25-14-8-3-9-15-25)29-27-18-26-16-17-28-19-26/h1-15,18,27H,16-17,19-22H2. The SMILES string of the molecule is C(NO[Si](Cc1ccccc1)(Cc1ccccc1)Cc1ccccc1)=C1CCOC1. The molecule has 0 aromatic heterocycles. The van der Waals surface area contributed by atoms with Gasteiger partial charge in [-0.25, -0.2) is 0 Å². The van der Waals surface area contributed by atoms with Crippen molar-refractivity contribution in [3.63, 3.8) is 0 Å². The lowest BCUT2D eigenvalue weighted by atomic mass is 10.2. The highest BCUT2D eigenvalue weighted by Crippen LogP contribution is 2.23. The van der Waals surface area contributed by atoms with Crippen molar-refractivity contribution in [1.82, 2.24) is 5.48 Å². The molecule has 0 unspecified atom stereocenters. The Balaban J connectivity index is 1.64. The van der Waals surface area contributed by atoms with E-state index >= 15 is 0 Å². The molecular weight excluding hydrogens is 386 g/mol. The second-order valence-corrected chi connectivity index (χ2v) is 11.6. The zero-order valence-electron chi connectivity index (χ0n) is 17.3. The van der Waals surface area contributed by atoms with E-state index < -0.39 is 8.32 Å². The normalized spacial score (nSPS) is 15.4. The average Bonchev–Trinajstić information content (AvgIpc) is 3.29. The molecule has 1 aliphatic heterocycles. The highest BCUT2D eigenvalue weighted by molar-refractivity contribution is 6.72. The fraction of sp³-hybridized carbons (Fsp3) is 0.231. The Kier molecular flexibility index (Phi) is 7.14. The molecule has 1 saturated heterocycles. The van der Waals surface area contributed by atoms with Crippen LogP contribution in [0.3, 0.4) is 0 Å². The van der Waals surface area contributed by atoms with Crippen LogP contribution in [0.1, 0.15) is 23.1 Å². The zero-order valence-corrected chi connectivity index (χ0v) is 18.3. The Labute approximate surface area is 180 Å². The largest absolute Gasteiger partial charge is 0.377 e. The van der Waals surface area contributed by atoms with E-state index in [0.29, 0.717) is 6.61 Å². The van der Waals surface area contributed by atoms with Gasteiger partial charge in [-0.1, -0.05) is 91.0 Å². The highest BCUT2D eigenvalue weighted by Gasteiger charge is 2.37. The smallest absolute Gasteiger partial charge is 0.242 e. The summed E-state index contributed by atoms with van der Waals surface area (Å²) in [6.45, 7) is 1.50. The summed E-state index contributed by atoms with van der Waals surface area (Å²) < 4.78 is 12.1. The van der Waals surface area contributed by atoms with Crippen LogP contribution in [-0.2, 0) is 27.4 Å². The molecular formula is C26H29NO2Si. The number of rotatable bonds is 9. The number of hydrogen-bond acceptors (Lipinski definition) is 3. The molecule has 1 fully saturated rings. The van der Waals surface area contributed by atoms with Crippen molar-refractivity contribution in [1.29, 1.82) is 0 Å². The molecule has 0 spiro atoms. The lowest BCUT2D eigenvalue weighted by Gasteiger charge is -2.31. The molecule has 0 saturated carbocycles. The lowest BCUT2D eigenvalue weighted by molar-refractivity contribution is 0.201. The Morgan fingerprint density at radius 2 is 1.20 bits per heavy atom. The lowest BCUT2D eigenvalue weighted by Crippen LogP contribution is -2.50. The van der Waals surface area contributed by atoms with E-state index in [1.54, 1.807) is 0 Å². The van der Waals surface area contributed by atoms with Crippen LogP contribution in [-0.4, -0.2) is 21.5 Å². The van der Waals surface area contributed by atoms with Crippen molar-refractivity contribution in [2.24, 2.45) is 0 Å². The first-order valence-corrected chi connectivity index (χ1v) is 13.2. The fourth-order valence-corrected chi connectivity index (χ4v) is 7.87. The van der Waals surface area contributed by atoms with E-state index in [1.807, 2.05) is 6.20 Å². The quantitative estimate of drug-likeness (QED) is 0.389. The third-order valence-corrected chi connectivity index (χ3v) is 9.21. The molecule has 4 heteroatoms. The van der Waals surface area contributed by atoms with Gasteiger partial charge in [-0.05, 0) is 46.8 Å². The van der Waals surface area contributed by atoms with Gasteiger partial charge in [0.15, 0.2) is 0 Å². The van der Waals surface area contributed by atoms with Crippen molar-refractivity contribution in [3.8, 4) is 0 Å². The first-order valence-electron chi connectivity index (χ1n) is 10.6. The third-order valence-electron chi connectivity index (χ3n) is 5.50. The van der Waals surface area contributed by atoms with Crippen LogP contribution in [0.15, 0.2) is 103 Å². The van der Waals surface area contributed by atoms with Gasteiger partial charge in [-0.2, -0.15) is 0 Å². The molecule has 3 nitrogen and oxygen atoms in total. The average molecular weight is 416 g/mol. The fourth-order valence-electron chi connectivity index (χ4n) is 4.03. The molecule has 0 bridgehead atoms. The predicted molar refractivity (Wildman–Crippen MR) is 124 cm³/mol. The second-order valence-electron chi connectivity index (χ2n) is 8.00. The summed E-state index contributed by atoms with van der Waals surface area (Å²) in [4.78, 5) is 0. The van der Waals surface area contributed by atoms with E-state index in [1.165, 1.54) is 22.3 Å². The summed E-state index contributed by atoms with van der Waals surface area (Å²) in [7, 11) is -2.29. The molecule has 30 heavy (non-hydrogen) atoms. The van der Waals surface area contributed by atoms with E-state index in [0.717, 1.165) is 31.2 Å². The van der Waals surface area contributed by atoms with Crippen LogP contribution in [0.25, 0.3) is 0 Å². The van der Waals surface area contributed by atoms with E-state index in [9.17, 15) is 0 Å². The van der Waals surface area contributed by atoms with E-state index in [-0.39, 0.29) is 0 Å². The highest BCUT2D eigenvalue weighted by atomic mass is 28.4. The molecule has 0 atom stereocenters. The topological polar surface area (TPSA) is 30.5 Å². The minimum Gasteiger partial charge on any atom is -0.377 e. The summed E-state index contributed by atoms with van der Waals surface area (Å²) in [5.41, 5.74) is 8.50. The minimum absolute atomic E-state index is 0.695. The van der Waals surface area contributed by atoms with Crippen LogP contribution in [0.2, 0.25) is 0 Å². The molecule has 1 N–H and O–H groups in total. The zero-order chi connectivity index (χ0) is 20.5. The third kappa shape index (κ3) is 5.92. The summed E-state index contributed by atoms with van der Waals surface area (Å²) in [5.74, 6) is 0. The Morgan fingerprint density at radius 1 is 0.733 bits per heavy atom. The van der Waals surface area contributed by atoms with Gasteiger partial charge >= 0.3 is 0 Å². The van der Waals surface area contributed by atoms with Crippen molar-refractivity contribution < 1.29 is 9.26 Å². The molecule has 3 aromatic carbocycles. The molecule has 3 aromatic rings. The van der Waals surface area contributed by atoms with Crippen LogP contribution >= 0.6 is 0 Å². The Hall–Kier alpha value is -2.66. The Bertz CT molecular complexity index is 820. The number of nitrogens with one attached hydrogen (secondary N) is 1. The molecule has 4 rings (SSSR count). The maximum Gasteiger partial charge on any atom is 0.242 e.